The highest BCUT2D eigenvalue weighted by Crippen LogP contribution is 2.23. The van der Waals surface area contributed by atoms with Crippen LogP contribution in [0.5, 0.6) is 0 Å². The van der Waals surface area contributed by atoms with Crippen LogP contribution in [0.25, 0.3) is 0 Å². The van der Waals surface area contributed by atoms with Crippen molar-refractivity contribution in [3.63, 3.8) is 0 Å². The zero-order valence-corrected chi connectivity index (χ0v) is 9.39. The summed E-state index contributed by atoms with van der Waals surface area (Å²) in [6, 6.07) is 6.90. The van der Waals surface area contributed by atoms with Gasteiger partial charge in [0.1, 0.15) is 0 Å². The van der Waals surface area contributed by atoms with E-state index >= 15 is 0 Å². The molecule has 2 rings (SSSR count). The van der Waals surface area contributed by atoms with Gasteiger partial charge in [0, 0.05) is 12.2 Å². The molecule has 1 radical (unpaired) electrons. The highest BCUT2D eigenvalue weighted by atomic mass is 14.9. The number of benzene rings is 1. The molecule has 81 valence electrons. The lowest BCUT2D eigenvalue weighted by Gasteiger charge is -2.04. The molecule has 0 spiro atoms. The van der Waals surface area contributed by atoms with Crippen molar-refractivity contribution in [2.45, 2.75) is 38.5 Å². The van der Waals surface area contributed by atoms with Gasteiger partial charge >= 0.3 is 0 Å². The van der Waals surface area contributed by atoms with Crippen LogP contribution in [0.1, 0.15) is 36.8 Å². The summed E-state index contributed by atoms with van der Waals surface area (Å²) in [5.74, 6) is 0. The van der Waals surface area contributed by atoms with E-state index in [0.717, 1.165) is 13.0 Å². The van der Waals surface area contributed by atoms with Gasteiger partial charge in [-0.2, -0.15) is 0 Å². The molecule has 0 amide bonds. The SMILES string of the molecule is [CH2]CCCCCc1ccc2c(c1)NCC2. The van der Waals surface area contributed by atoms with Gasteiger partial charge in [-0.3, -0.25) is 0 Å². The number of unbranched alkanes of at least 4 members (excludes halogenated alkanes) is 3. The van der Waals surface area contributed by atoms with Crippen LogP contribution in [0.15, 0.2) is 18.2 Å². The van der Waals surface area contributed by atoms with Crippen LogP contribution in [0, 0.1) is 6.92 Å². The highest BCUT2D eigenvalue weighted by Gasteiger charge is 2.09. The van der Waals surface area contributed by atoms with Gasteiger partial charge in [-0.05, 0) is 36.5 Å². The summed E-state index contributed by atoms with van der Waals surface area (Å²) in [5, 5.41) is 3.43. The number of hydrogen-bond donors (Lipinski definition) is 1. The summed E-state index contributed by atoms with van der Waals surface area (Å²) in [6.07, 6.45) is 7.36. The third-order valence-electron chi connectivity index (χ3n) is 3.10. The lowest BCUT2D eigenvalue weighted by molar-refractivity contribution is 0.686. The van der Waals surface area contributed by atoms with Gasteiger partial charge in [0.2, 0.25) is 0 Å². The molecule has 1 aliphatic heterocycles. The predicted octanol–water partition coefficient (Wildman–Crippen LogP) is 3.59. The Morgan fingerprint density at radius 2 is 2.13 bits per heavy atom. The lowest BCUT2D eigenvalue weighted by Crippen LogP contribution is -1.92. The summed E-state index contributed by atoms with van der Waals surface area (Å²) in [5.41, 5.74) is 4.33. The number of fused-ring (bicyclic) bond motifs is 1. The Bertz CT molecular complexity index is 317. The number of nitrogens with one attached hydrogen (secondary N) is 1. The summed E-state index contributed by atoms with van der Waals surface area (Å²) in [7, 11) is 0. The fourth-order valence-corrected chi connectivity index (χ4v) is 2.18. The molecule has 1 N–H and O–H groups in total. The van der Waals surface area contributed by atoms with Gasteiger partial charge in [-0.15, -0.1) is 0 Å². The van der Waals surface area contributed by atoms with E-state index in [-0.39, 0.29) is 0 Å². The second-order valence-electron chi connectivity index (χ2n) is 4.33. The van der Waals surface area contributed by atoms with Crippen LogP contribution >= 0.6 is 0 Å². The van der Waals surface area contributed by atoms with E-state index in [2.05, 4.69) is 30.4 Å². The van der Waals surface area contributed by atoms with Crippen LogP contribution in [0.3, 0.4) is 0 Å². The van der Waals surface area contributed by atoms with Gasteiger partial charge in [0.05, 0.1) is 0 Å². The van der Waals surface area contributed by atoms with E-state index in [0.29, 0.717) is 0 Å². The monoisotopic (exact) mass is 202 g/mol. The van der Waals surface area contributed by atoms with Crippen LogP contribution in [0.2, 0.25) is 0 Å². The fourth-order valence-electron chi connectivity index (χ4n) is 2.18. The van der Waals surface area contributed by atoms with Gasteiger partial charge in [-0.25, -0.2) is 0 Å². The quantitative estimate of drug-likeness (QED) is 0.719. The maximum atomic E-state index is 3.87. The van der Waals surface area contributed by atoms with E-state index in [4.69, 9.17) is 0 Å². The topological polar surface area (TPSA) is 12.0 Å². The van der Waals surface area contributed by atoms with Crippen molar-refractivity contribution in [2.75, 3.05) is 11.9 Å². The molecule has 0 atom stereocenters. The van der Waals surface area contributed by atoms with E-state index in [1.54, 1.807) is 0 Å². The molecule has 1 aliphatic rings. The normalized spacial score (nSPS) is 13.7. The van der Waals surface area contributed by atoms with Crippen molar-refractivity contribution in [1.29, 1.82) is 0 Å². The van der Waals surface area contributed by atoms with Gasteiger partial charge < -0.3 is 5.32 Å². The first kappa shape index (κ1) is 10.5. The zero-order valence-electron chi connectivity index (χ0n) is 9.39. The number of aryl methyl sites for hydroxylation is 1. The second kappa shape index (κ2) is 5.20. The molecule has 0 bridgehead atoms. The summed E-state index contributed by atoms with van der Waals surface area (Å²) in [4.78, 5) is 0. The van der Waals surface area contributed by atoms with Crippen LogP contribution < -0.4 is 5.32 Å². The lowest BCUT2D eigenvalue weighted by atomic mass is 10.0. The zero-order chi connectivity index (χ0) is 10.5. The molecule has 0 unspecified atom stereocenters. The minimum Gasteiger partial charge on any atom is -0.384 e. The molecule has 1 aromatic carbocycles. The van der Waals surface area contributed by atoms with Crippen molar-refractivity contribution in [1.82, 2.24) is 0 Å². The van der Waals surface area contributed by atoms with E-state index < -0.39 is 0 Å². The summed E-state index contributed by atoms with van der Waals surface area (Å²) in [6.45, 7) is 4.98. The standard InChI is InChI=1S/C14H20N/c1-2-3-4-5-6-12-7-8-13-9-10-15-14(13)11-12/h7-8,11,15H,1-6,9-10H2. The minimum absolute atomic E-state index is 1.08. The Morgan fingerprint density at radius 1 is 1.20 bits per heavy atom. The van der Waals surface area contributed by atoms with Gasteiger partial charge in [-0.1, -0.05) is 38.3 Å². The molecule has 1 heteroatoms. The molecule has 1 heterocycles. The molecule has 0 saturated heterocycles. The molecule has 1 nitrogen and oxygen atoms in total. The third-order valence-corrected chi connectivity index (χ3v) is 3.10. The van der Waals surface area contributed by atoms with Crippen LogP contribution in [-0.4, -0.2) is 6.54 Å². The smallest absolute Gasteiger partial charge is 0.0376 e. The largest absolute Gasteiger partial charge is 0.384 e. The predicted molar refractivity (Wildman–Crippen MR) is 66.2 cm³/mol. The average Bonchev–Trinajstić information content (AvgIpc) is 2.71. The van der Waals surface area contributed by atoms with E-state index in [9.17, 15) is 0 Å². The summed E-state index contributed by atoms with van der Waals surface area (Å²) < 4.78 is 0. The van der Waals surface area contributed by atoms with Crippen molar-refractivity contribution < 1.29 is 0 Å². The Morgan fingerprint density at radius 3 is 3.00 bits per heavy atom. The number of anilines is 1. The second-order valence-corrected chi connectivity index (χ2v) is 4.33. The maximum absolute atomic E-state index is 3.87. The highest BCUT2D eigenvalue weighted by molar-refractivity contribution is 5.57. The minimum atomic E-state index is 1.08. The molecule has 0 aliphatic carbocycles. The Labute approximate surface area is 92.9 Å². The fraction of sp³-hybridized carbons (Fsp3) is 0.500. The molecule has 1 aromatic rings. The number of rotatable bonds is 5. The first-order valence-corrected chi connectivity index (χ1v) is 6.05. The Hall–Kier alpha value is -0.980. The van der Waals surface area contributed by atoms with Crippen molar-refractivity contribution in [3.8, 4) is 0 Å². The number of hydrogen-bond acceptors (Lipinski definition) is 1. The van der Waals surface area contributed by atoms with Gasteiger partial charge in [0.15, 0.2) is 0 Å². The molecule has 0 fully saturated rings. The molecular formula is C14H20N. The third kappa shape index (κ3) is 2.74. The Balaban J connectivity index is 1.87. The first-order valence-electron chi connectivity index (χ1n) is 6.05. The van der Waals surface area contributed by atoms with Crippen molar-refractivity contribution in [2.24, 2.45) is 0 Å². The average molecular weight is 202 g/mol. The maximum Gasteiger partial charge on any atom is 0.0376 e. The molecule has 0 saturated carbocycles. The van der Waals surface area contributed by atoms with Crippen molar-refractivity contribution in [3.05, 3.63) is 36.2 Å². The van der Waals surface area contributed by atoms with E-state index in [1.165, 1.54) is 48.9 Å². The first-order chi connectivity index (χ1) is 7.40. The van der Waals surface area contributed by atoms with Crippen molar-refractivity contribution >= 4 is 5.69 Å². The molecular weight excluding hydrogens is 182 g/mol. The van der Waals surface area contributed by atoms with E-state index in [1.807, 2.05) is 0 Å². The summed E-state index contributed by atoms with van der Waals surface area (Å²) >= 11 is 0. The van der Waals surface area contributed by atoms with Crippen LogP contribution in [-0.2, 0) is 12.8 Å². The molecule has 0 aromatic heterocycles. The Kier molecular flexibility index (Phi) is 3.65. The van der Waals surface area contributed by atoms with Gasteiger partial charge in [0.25, 0.3) is 0 Å². The van der Waals surface area contributed by atoms with Crippen LogP contribution in [0.4, 0.5) is 5.69 Å². The molecule has 15 heavy (non-hydrogen) atoms.